The second-order valence-electron chi connectivity index (χ2n) is 3.43. The van der Waals surface area contributed by atoms with Gasteiger partial charge in [0, 0.05) is 6.07 Å². The van der Waals surface area contributed by atoms with Crippen molar-refractivity contribution >= 4 is 12.4 Å². The molecule has 2 aromatic rings. The Bertz CT molecular complexity index is 487. The fourth-order valence-corrected chi connectivity index (χ4v) is 1.21. The van der Waals surface area contributed by atoms with E-state index in [2.05, 4.69) is 0 Å². The quantitative estimate of drug-likeness (QED) is 0.628. The highest BCUT2D eigenvalue weighted by Crippen LogP contribution is 2.14. The summed E-state index contributed by atoms with van der Waals surface area (Å²) in [5.74, 6) is 0.176. The molecule has 0 radical (unpaired) electrons. The van der Waals surface area contributed by atoms with Crippen molar-refractivity contribution in [2.24, 2.45) is 0 Å². The number of hydrogen-bond donors (Lipinski definition) is 2. The lowest BCUT2D eigenvalue weighted by atomic mass is 10.2. The number of allylic oxidation sites excluding steroid dienone is 1. The van der Waals surface area contributed by atoms with E-state index in [1.807, 2.05) is 30.3 Å². The van der Waals surface area contributed by atoms with E-state index in [9.17, 15) is 4.79 Å². The summed E-state index contributed by atoms with van der Waals surface area (Å²) < 4.78 is 0. The van der Waals surface area contributed by atoms with Crippen LogP contribution in [0.15, 0.2) is 60.7 Å². The number of carbonyl (C=O) groups is 1. The molecule has 18 heavy (non-hydrogen) atoms. The molecule has 0 aromatic heterocycles. The molecule has 0 aliphatic carbocycles. The van der Waals surface area contributed by atoms with Gasteiger partial charge in [-0.2, -0.15) is 0 Å². The van der Waals surface area contributed by atoms with E-state index in [1.54, 1.807) is 12.1 Å². The van der Waals surface area contributed by atoms with Crippen LogP contribution >= 0.6 is 0 Å². The molecule has 0 heterocycles. The Hall–Kier alpha value is -2.55. The molecule has 2 aromatic carbocycles. The summed E-state index contributed by atoms with van der Waals surface area (Å²) in [4.78, 5) is 9.89. The first kappa shape index (κ1) is 13.5. The monoisotopic (exact) mass is 242 g/mol. The SMILES string of the molecule is O=C/C=C/c1ccccc1.Oc1cccc(O)c1. The van der Waals surface area contributed by atoms with Crippen molar-refractivity contribution in [2.75, 3.05) is 0 Å². The molecule has 0 aliphatic rings. The van der Waals surface area contributed by atoms with Gasteiger partial charge in [0.1, 0.15) is 17.8 Å². The predicted octanol–water partition coefficient (Wildman–Crippen LogP) is 3.00. The van der Waals surface area contributed by atoms with Crippen LogP contribution in [0.1, 0.15) is 5.56 Å². The molecule has 0 atom stereocenters. The van der Waals surface area contributed by atoms with Gasteiger partial charge in [-0.15, -0.1) is 0 Å². The topological polar surface area (TPSA) is 57.5 Å². The highest BCUT2D eigenvalue weighted by Gasteiger charge is 1.85. The minimum Gasteiger partial charge on any atom is -0.508 e. The van der Waals surface area contributed by atoms with Crippen LogP contribution in [0.4, 0.5) is 0 Å². The molecule has 3 heteroatoms. The second kappa shape index (κ2) is 7.68. The van der Waals surface area contributed by atoms with Gasteiger partial charge in [-0.05, 0) is 23.8 Å². The van der Waals surface area contributed by atoms with Crippen molar-refractivity contribution in [1.82, 2.24) is 0 Å². The van der Waals surface area contributed by atoms with Crippen molar-refractivity contribution in [3.63, 3.8) is 0 Å². The van der Waals surface area contributed by atoms with Gasteiger partial charge in [0.2, 0.25) is 0 Å². The Morgan fingerprint density at radius 1 is 0.833 bits per heavy atom. The lowest BCUT2D eigenvalue weighted by molar-refractivity contribution is -0.104. The molecule has 3 nitrogen and oxygen atoms in total. The summed E-state index contributed by atoms with van der Waals surface area (Å²) in [6.45, 7) is 0. The average molecular weight is 242 g/mol. The Balaban J connectivity index is 0.000000184. The zero-order chi connectivity index (χ0) is 13.2. The van der Waals surface area contributed by atoms with Crippen LogP contribution in [0.3, 0.4) is 0 Å². The predicted molar refractivity (Wildman–Crippen MR) is 71.3 cm³/mol. The Morgan fingerprint density at radius 3 is 1.89 bits per heavy atom. The zero-order valence-corrected chi connectivity index (χ0v) is 9.73. The highest BCUT2D eigenvalue weighted by atomic mass is 16.3. The van der Waals surface area contributed by atoms with Crippen molar-refractivity contribution in [3.8, 4) is 11.5 Å². The van der Waals surface area contributed by atoms with Crippen molar-refractivity contribution in [1.29, 1.82) is 0 Å². The Morgan fingerprint density at radius 2 is 1.44 bits per heavy atom. The molecule has 0 bridgehead atoms. The van der Waals surface area contributed by atoms with E-state index < -0.39 is 0 Å². The number of aldehydes is 1. The Labute approximate surface area is 106 Å². The summed E-state index contributed by atoms with van der Waals surface area (Å²) in [6, 6.07) is 15.6. The van der Waals surface area contributed by atoms with Crippen molar-refractivity contribution in [3.05, 3.63) is 66.2 Å². The maximum atomic E-state index is 9.89. The summed E-state index contributed by atoms with van der Waals surface area (Å²) in [6.07, 6.45) is 4.02. The summed E-state index contributed by atoms with van der Waals surface area (Å²) in [5, 5.41) is 17.3. The van der Waals surface area contributed by atoms with Crippen molar-refractivity contribution in [2.45, 2.75) is 0 Å². The number of hydrogen-bond acceptors (Lipinski definition) is 3. The van der Waals surface area contributed by atoms with E-state index in [0.717, 1.165) is 11.8 Å². The van der Waals surface area contributed by atoms with E-state index in [0.29, 0.717) is 0 Å². The third kappa shape index (κ3) is 5.51. The zero-order valence-electron chi connectivity index (χ0n) is 9.73. The van der Waals surface area contributed by atoms with Crippen LogP contribution in [0.25, 0.3) is 6.08 Å². The average Bonchev–Trinajstić information content (AvgIpc) is 2.38. The Kier molecular flexibility index (Phi) is 5.77. The van der Waals surface area contributed by atoms with Crippen LogP contribution in [0, 0.1) is 0 Å². The smallest absolute Gasteiger partial charge is 0.142 e. The third-order valence-electron chi connectivity index (χ3n) is 2.00. The van der Waals surface area contributed by atoms with E-state index in [1.165, 1.54) is 24.3 Å². The molecular weight excluding hydrogens is 228 g/mol. The molecule has 0 saturated carbocycles. The van der Waals surface area contributed by atoms with E-state index >= 15 is 0 Å². The summed E-state index contributed by atoms with van der Waals surface area (Å²) >= 11 is 0. The second-order valence-corrected chi connectivity index (χ2v) is 3.43. The van der Waals surface area contributed by atoms with Gasteiger partial charge in [0.25, 0.3) is 0 Å². The first-order valence-electron chi connectivity index (χ1n) is 5.37. The number of benzene rings is 2. The molecule has 0 saturated heterocycles. The molecule has 2 rings (SSSR count). The minimum absolute atomic E-state index is 0.0880. The van der Waals surface area contributed by atoms with Gasteiger partial charge < -0.3 is 10.2 Å². The molecule has 2 N–H and O–H groups in total. The van der Waals surface area contributed by atoms with Gasteiger partial charge in [-0.3, -0.25) is 4.79 Å². The molecule has 0 spiro atoms. The minimum atomic E-state index is 0.0880. The van der Waals surface area contributed by atoms with Gasteiger partial charge in [-0.1, -0.05) is 42.5 Å². The van der Waals surface area contributed by atoms with Gasteiger partial charge in [-0.25, -0.2) is 0 Å². The lowest BCUT2D eigenvalue weighted by Crippen LogP contribution is -1.67. The van der Waals surface area contributed by atoms with E-state index in [-0.39, 0.29) is 11.5 Å². The first-order valence-corrected chi connectivity index (χ1v) is 5.37. The number of rotatable bonds is 2. The number of phenolic OH excluding ortho intramolecular Hbond substituents is 2. The van der Waals surface area contributed by atoms with Gasteiger partial charge in [0.15, 0.2) is 0 Å². The molecule has 0 unspecified atom stereocenters. The molecule has 0 fully saturated rings. The van der Waals surface area contributed by atoms with Crippen LogP contribution in [-0.2, 0) is 4.79 Å². The largest absolute Gasteiger partial charge is 0.508 e. The van der Waals surface area contributed by atoms with Crippen LogP contribution in [0.5, 0.6) is 11.5 Å². The van der Waals surface area contributed by atoms with Crippen LogP contribution in [0.2, 0.25) is 0 Å². The highest BCUT2D eigenvalue weighted by molar-refractivity contribution is 5.73. The molecule has 0 amide bonds. The maximum absolute atomic E-state index is 9.89. The van der Waals surface area contributed by atoms with Gasteiger partial charge >= 0.3 is 0 Å². The number of aromatic hydroxyl groups is 2. The summed E-state index contributed by atoms with van der Waals surface area (Å²) in [5.41, 5.74) is 1.05. The van der Waals surface area contributed by atoms with Crippen LogP contribution in [-0.4, -0.2) is 16.5 Å². The fourth-order valence-electron chi connectivity index (χ4n) is 1.21. The maximum Gasteiger partial charge on any atom is 0.142 e. The molecule has 92 valence electrons. The van der Waals surface area contributed by atoms with E-state index in [4.69, 9.17) is 10.2 Å². The van der Waals surface area contributed by atoms with Gasteiger partial charge in [0.05, 0.1) is 0 Å². The van der Waals surface area contributed by atoms with Crippen molar-refractivity contribution < 1.29 is 15.0 Å². The first-order chi connectivity index (χ1) is 8.72. The third-order valence-corrected chi connectivity index (χ3v) is 2.00. The number of phenols is 2. The molecular formula is C15H14O3. The summed E-state index contributed by atoms with van der Waals surface area (Å²) in [7, 11) is 0. The fraction of sp³-hybridized carbons (Fsp3) is 0. The standard InChI is InChI=1S/C9H8O.C6H6O2/c10-8-4-7-9-5-2-1-3-6-9;7-5-2-1-3-6(8)4-5/h1-8H;1-4,7-8H/b7-4+;. The van der Waals surface area contributed by atoms with Crippen LogP contribution < -0.4 is 0 Å². The normalized spacial score (nSPS) is 9.56. The lowest BCUT2D eigenvalue weighted by Gasteiger charge is -1.89. The molecule has 0 aliphatic heterocycles. The number of carbonyl (C=O) groups excluding carboxylic acids is 1.